The third kappa shape index (κ3) is 3.48. The highest BCUT2D eigenvalue weighted by molar-refractivity contribution is 9.10. The maximum Gasteiger partial charge on any atom is 0.0414 e. The summed E-state index contributed by atoms with van der Waals surface area (Å²) in [5.41, 5.74) is 4.31. The molecule has 0 radical (unpaired) electrons. The average Bonchev–Trinajstić information content (AvgIpc) is 2.39. The summed E-state index contributed by atoms with van der Waals surface area (Å²) >= 11 is 5.62. The fourth-order valence-electron chi connectivity index (χ4n) is 2.34. The lowest BCUT2D eigenvalue weighted by Crippen LogP contribution is -2.55. The Bertz CT molecular complexity index is 388. The summed E-state index contributed by atoms with van der Waals surface area (Å²) < 4.78 is 1.16. The van der Waals surface area contributed by atoms with Crippen LogP contribution in [0.1, 0.15) is 5.56 Å². The van der Waals surface area contributed by atoms with E-state index < -0.39 is 0 Å². The number of likely N-dealkylation sites (N-methyl/N-ethyl adjacent to an activating group) is 1. The van der Waals surface area contributed by atoms with Crippen molar-refractivity contribution < 1.29 is 0 Å². The third-order valence-corrected chi connectivity index (χ3v) is 5.34. The van der Waals surface area contributed by atoms with Gasteiger partial charge in [0, 0.05) is 34.6 Å². The van der Waals surface area contributed by atoms with Crippen LogP contribution in [0.4, 0.5) is 0 Å². The second kappa shape index (κ2) is 6.91. The minimum Gasteiger partial charge on any atom is -0.300 e. The van der Waals surface area contributed by atoms with Gasteiger partial charge in [-0.2, -0.15) is 11.8 Å². The molecular weight excluding hydrogens is 310 g/mol. The van der Waals surface area contributed by atoms with Crippen LogP contribution < -0.4 is 11.3 Å². The van der Waals surface area contributed by atoms with E-state index in [1.54, 1.807) is 0 Å². The fraction of sp³-hybridized carbons (Fsp3) is 0.538. The summed E-state index contributed by atoms with van der Waals surface area (Å²) in [6.07, 6.45) is 0.952. The zero-order valence-corrected chi connectivity index (χ0v) is 13.0. The first-order valence-electron chi connectivity index (χ1n) is 6.20. The lowest BCUT2D eigenvalue weighted by molar-refractivity contribution is 0.214. The monoisotopic (exact) mass is 329 g/mol. The van der Waals surface area contributed by atoms with Crippen LogP contribution in [-0.4, -0.2) is 42.1 Å². The van der Waals surface area contributed by atoms with E-state index in [1.807, 2.05) is 17.8 Å². The average molecular weight is 330 g/mol. The number of rotatable bonds is 4. The minimum absolute atomic E-state index is 0.293. The van der Waals surface area contributed by atoms with Crippen LogP contribution in [0, 0.1) is 0 Å². The number of hydrazine groups is 1. The number of nitrogens with one attached hydrogen (secondary N) is 1. The Morgan fingerprint density at radius 3 is 3.00 bits per heavy atom. The van der Waals surface area contributed by atoms with Crippen LogP contribution >= 0.6 is 27.7 Å². The molecule has 3 N–H and O–H groups in total. The normalized spacial score (nSPS) is 22.9. The van der Waals surface area contributed by atoms with Gasteiger partial charge in [-0.05, 0) is 25.1 Å². The summed E-state index contributed by atoms with van der Waals surface area (Å²) in [7, 11) is 2.19. The number of thioether (sulfide) groups is 1. The van der Waals surface area contributed by atoms with Crippen LogP contribution in [0.15, 0.2) is 28.7 Å². The van der Waals surface area contributed by atoms with Crippen LogP contribution in [0.2, 0.25) is 0 Å². The molecule has 1 saturated heterocycles. The Balaban J connectivity index is 2.07. The van der Waals surface area contributed by atoms with Gasteiger partial charge in [-0.25, -0.2) is 0 Å². The molecule has 0 aromatic heterocycles. The fourth-order valence-corrected chi connectivity index (χ4v) is 4.09. The molecule has 2 rings (SSSR count). The van der Waals surface area contributed by atoms with Gasteiger partial charge in [0.25, 0.3) is 0 Å². The van der Waals surface area contributed by atoms with E-state index in [9.17, 15) is 0 Å². The first-order chi connectivity index (χ1) is 8.72. The maximum absolute atomic E-state index is 5.76. The Labute approximate surface area is 122 Å². The number of benzene rings is 1. The van der Waals surface area contributed by atoms with Gasteiger partial charge in [-0.1, -0.05) is 34.1 Å². The second-order valence-electron chi connectivity index (χ2n) is 4.69. The molecule has 5 heteroatoms. The predicted octanol–water partition coefficient (Wildman–Crippen LogP) is 1.87. The highest BCUT2D eigenvalue weighted by Crippen LogP contribution is 2.22. The van der Waals surface area contributed by atoms with E-state index in [0.29, 0.717) is 12.1 Å². The number of nitrogens with zero attached hydrogens (tertiary/aromatic N) is 1. The lowest BCUT2D eigenvalue weighted by Gasteiger charge is -2.37. The number of hydrogen-bond acceptors (Lipinski definition) is 4. The zero-order chi connectivity index (χ0) is 13.0. The molecule has 1 aromatic carbocycles. The summed E-state index contributed by atoms with van der Waals surface area (Å²) in [5.74, 6) is 8.13. The van der Waals surface area contributed by atoms with Gasteiger partial charge in [0.15, 0.2) is 0 Å². The van der Waals surface area contributed by atoms with Crippen molar-refractivity contribution in [3.63, 3.8) is 0 Å². The highest BCUT2D eigenvalue weighted by atomic mass is 79.9. The number of hydrogen-bond donors (Lipinski definition) is 2. The van der Waals surface area contributed by atoms with Crippen LogP contribution in [0.5, 0.6) is 0 Å². The molecule has 1 aliphatic heterocycles. The van der Waals surface area contributed by atoms with Gasteiger partial charge < -0.3 is 4.90 Å². The molecule has 0 bridgehead atoms. The molecule has 2 atom stereocenters. The minimum atomic E-state index is 0.293. The van der Waals surface area contributed by atoms with Crippen molar-refractivity contribution in [1.29, 1.82) is 0 Å². The topological polar surface area (TPSA) is 41.3 Å². The molecule has 0 amide bonds. The van der Waals surface area contributed by atoms with E-state index in [4.69, 9.17) is 5.84 Å². The van der Waals surface area contributed by atoms with E-state index >= 15 is 0 Å². The van der Waals surface area contributed by atoms with Crippen molar-refractivity contribution in [1.82, 2.24) is 10.3 Å². The summed E-state index contributed by atoms with van der Waals surface area (Å²) in [4.78, 5) is 2.41. The van der Waals surface area contributed by atoms with Crippen molar-refractivity contribution in [3.8, 4) is 0 Å². The largest absolute Gasteiger partial charge is 0.300 e. The predicted molar refractivity (Wildman–Crippen MR) is 82.7 cm³/mol. The smallest absolute Gasteiger partial charge is 0.0414 e. The first kappa shape index (κ1) is 14.3. The molecule has 18 heavy (non-hydrogen) atoms. The van der Waals surface area contributed by atoms with E-state index in [1.165, 1.54) is 11.3 Å². The highest BCUT2D eigenvalue weighted by Gasteiger charge is 2.27. The van der Waals surface area contributed by atoms with Crippen molar-refractivity contribution in [2.24, 2.45) is 5.84 Å². The molecule has 1 aromatic rings. The van der Waals surface area contributed by atoms with Crippen molar-refractivity contribution >= 4 is 27.7 Å². The Morgan fingerprint density at radius 2 is 2.33 bits per heavy atom. The van der Waals surface area contributed by atoms with Gasteiger partial charge in [0.2, 0.25) is 0 Å². The molecule has 0 saturated carbocycles. The van der Waals surface area contributed by atoms with E-state index in [-0.39, 0.29) is 0 Å². The summed E-state index contributed by atoms with van der Waals surface area (Å²) in [6.45, 7) is 1.14. The second-order valence-corrected chi connectivity index (χ2v) is 6.70. The molecule has 3 nitrogen and oxygen atoms in total. The molecule has 100 valence electrons. The molecule has 1 aliphatic rings. The van der Waals surface area contributed by atoms with Crippen molar-refractivity contribution in [2.45, 2.75) is 18.5 Å². The maximum atomic E-state index is 5.76. The van der Waals surface area contributed by atoms with Crippen molar-refractivity contribution in [2.75, 3.05) is 25.1 Å². The third-order valence-electron chi connectivity index (χ3n) is 3.52. The first-order valence-corrected chi connectivity index (χ1v) is 8.14. The van der Waals surface area contributed by atoms with Crippen LogP contribution in [0.25, 0.3) is 0 Å². The quantitative estimate of drug-likeness (QED) is 0.653. The molecular formula is C13H20BrN3S. The lowest BCUT2D eigenvalue weighted by atomic mass is 10.00. The number of halogens is 1. The summed E-state index contributed by atoms with van der Waals surface area (Å²) in [6, 6.07) is 9.16. The van der Waals surface area contributed by atoms with Crippen molar-refractivity contribution in [3.05, 3.63) is 34.3 Å². The van der Waals surface area contributed by atoms with Gasteiger partial charge in [0.05, 0.1) is 0 Å². The molecule has 0 spiro atoms. The number of nitrogens with two attached hydrogens (primary N) is 1. The molecule has 1 fully saturated rings. The Hall–Kier alpha value is -0.0700. The van der Waals surface area contributed by atoms with E-state index in [0.717, 1.165) is 23.2 Å². The van der Waals surface area contributed by atoms with Gasteiger partial charge in [-0.3, -0.25) is 11.3 Å². The van der Waals surface area contributed by atoms with E-state index in [2.05, 4.69) is 51.5 Å². The van der Waals surface area contributed by atoms with Crippen LogP contribution in [0.3, 0.4) is 0 Å². The van der Waals surface area contributed by atoms with Gasteiger partial charge in [0.1, 0.15) is 0 Å². The Morgan fingerprint density at radius 1 is 1.56 bits per heavy atom. The Kier molecular flexibility index (Phi) is 5.51. The summed E-state index contributed by atoms with van der Waals surface area (Å²) in [5, 5.41) is 0. The standard InChI is InChI=1S/C13H20BrN3S/c1-17-6-7-18-9-13(17)12(16-15)8-10-4-2-3-5-11(10)14/h2-5,12-13,16H,6-9,15H2,1H3. The van der Waals surface area contributed by atoms with Gasteiger partial charge in [-0.15, -0.1) is 0 Å². The zero-order valence-electron chi connectivity index (χ0n) is 10.6. The molecule has 0 aliphatic carbocycles. The SMILES string of the molecule is CN1CCSCC1C(Cc1ccccc1Br)NN. The van der Waals surface area contributed by atoms with Crippen LogP contribution in [-0.2, 0) is 6.42 Å². The van der Waals surface area contributed by atoms with Gasteiger partial charge >= 0.3 is 0 Å². The molecule has 2 unspecified atom stereocenters. The molecule has 1 heterocycles.